The van der Waals surface area contributed by atoms with Crippen LogP contribution in [0.4, 0.5) is 5.69 Å². The predicted molar refractivity (Wildman–Crippen MR) is 70.5 cm³/mol. The van der Waals surface area contributed by atoms with Gasteiger partial charge in [-0.25, -0.2) is 0 Å². The van der Waals surface area contributed by atoms with Gasteiger partial charge in [-0.15, -0.1) is 0 Å². The van der Waals surface area contributed by atoms with Crippen LogP contribution in [0.2, 0.25) is 0 Å². The summed E-state index contributed by atoms with van der Waals surface area (Å²) in [6, 6.07) is 9.24. The zero-order chi connectivity index (χ0) is 12.8. The van der Waals surface area contributed by atoms with Gasteiger partial charge in [-0.2, -0.15) is 0 Å². The van der Waals surface area contributed by atoms with E-state index in [1.54, 1.807) is 12.5 Å². The molecular weight excluding hydrogens is 228 g/mol. The summed E-state index contributed by atoms with van der Waals surface area (Å²) in [7, 11) is 0. The molecule has 0 unspecified atom stereocenters. The second-order valence-corrected chi connectivity index (χ2v) is 3.92. The molecule has 0 aliphatic carbocycles. The fourth-order valence-corrected chi connectivity index (χ4v) is 1.62. The maximum Gasteiger partial charge on any atom is 0.251 e. The van der Waals surface area contributed by atoms with E-state index >= 15 is 0 Å². The number of nitrogens with one attached hydrogen (secondary N) is 2. The van der Waals surface area contributed by atoms with Gasteiger partial charge in [0.1, 0.15) is 0 Å². The Labute approximate surface area is 106 Å². The molecule has 4 nitrogen and oxygen atoms in total. The van der Waals surface area contributed by atoms with Gasteiger partial charge in [0.2, 0.25) is 0 Å². The largest absolute Gasteiger partial charge is 0.472 e. The molecule has 1 aromatic heterocycles. The quantitative estimate of drug-likeness (QED) is 0.850. The summed E-state index contributed by atoms with van der Waals surface area (Å²) in [5, 5.41) is 6.02. The molecule has 0 spiro atoms. The third-order valence-corrected chi connectivity index (χ3v) is 2.56. The normalized spacial score (nSPS) is 10.1. The van der Waals surface area contributed by atoms with Crippen molar-refractivity contribution >= 4 is 11.6 Å². The summed E-state index contributed by atoms with van der Waals surface area (Å²) < 4.78 is 4.94. The van der Waals surface area contributed by atoms with Gasteiger partial charge in [-0.05, 0) is 37.3 Å². The van der Waals surface area contributed by atoms with Crippen molar-refractivity contribution in [2.45, 2.75) is 13.5 Å². The van der Waals surface area contributed by atoms with E-state index < -0.39 is 0 Å². The molecule has 1 amide bonds. The zero-order valence-corrected chi connectivity index (χ0v) is 10.3. The molecule has 0 fully saturated rings. The Balaban J connectivity index is 1.92. The van der Waals surface area contributed by atoms with Gasteiger partial charge in [0.05, 0.1) is 12.5 Å². The molecule has 0 bridgehead atoms. The van der Waals surface area contributed by atoms with Crippen molar-refractivity contribution in [3.8, 4) is 0 Å². The van der Waals surface area contributed by atoms with E-state index in [1.165, 1.54) is 0 Å². The van der Waals surface area contributed by atoms with E-state index in [9.17, 15) is 4.79 Å². The Hall–Kier alpha value is -2.23. The molecule has 0 aliphatic heterocycles. The third kappa shape index (κ3) is 3.13. The molecule has 0 aliphatic rings. The minimum Gasteiger partial charge on any atom is -0.472 e. The van der Waals surface area contributed by atoms with Gasteiger partial charge in [-0.3, -0.25) is 4.79 Å². The van der Waals surface area contributed by atoms with Crippen LogP contribution in [-0.2, 0) is 6.54 Å². The number of hydrogen-bond donors (Lipinski definition) is 2. The minimum atomic E-state index is -0.0840. The predicted octanol–water partition coefficient (Wildman–Crippen LogP) is 2.64. The average molecular weight is 244 g/mol. The number of furan rings is 1. The lowest BCUT2D eigenvalue weighted by Gasteiger charge is -2.06. The number of benzene rings is 1. The maximum absolute atomic E-state index is 11.8. The van der Waals surface area contributed by atoms with Crippen molar-refractivity contribution in [3.63, 3.8) is 0 Å². The van der Waals surface area contributed by atoms with Gasteiger partial charge >= 0.3 is 0 Å². The fraction of sp³-hybridized carbons (Fsp3) is 0.214. The van der Waals surface area contributed by atoms with Crippen LogP contribution >= 0.6 is 0 Å². The van der Waals surface area contributed by atoms with Crippen molar-refractivity contribution in [3.05, 3.63) is 54.0 Å². The monoisotopic (exact) mass is 244 g/mol. The Morgan fingerprint density at radius 3 is 2.61 bits per heavy atom. The maximum atomic E-state index is 11.8. The smallest absolute Gasteiger partial charge is 0.251 e. The first kappa shape index (κ1) is 12.2. The lowest BCUT2D eigenvalue weighted by atomic mass is 10.2. The van der Waals surface area contributed by atoms with E-state index in [-0.39, 0.29) is 5.91 Å². The SMILES string of the molecule is CCNc1ccc(C(=O)NCc2ccoc2)cc1. The Kier molecular flexibility index (Phi) is 4.02. The average Bonchev–Trinajstić information content (AvgIpc) is 2.90. The molecule has 1 aromatic carbocycles. The molecule has 0 radical (unpaired) electrons. The summed E-state index contributed by atoms with van der Waals surface area (Å²) in [4.78, 5) is 11.8. The van der Waals surface area contributed by atoms with Crippen LogP contribution in [0.3, 0.4) is 0 Å². The molecule has 2 aromatic rings. The highest BCUT2D eigenvalue weighted by Gasteiger charge is 2.05. The second-order valence-electron chi connectivity index (χ2n) is 3.92. The number of carbonyl (C=O) groups excluding carboxylic acids is 1. The molecular formula is C14H16N2O2. The molecule has 94 valence electrons. The molecule has 18 heavy (non-hydrogen) atoms. The van der Waals surface area contributed by atoms with E-state index in [0.717, 1.165) is 17.8 Å². The van der Waals surface area contributed by atoms with Crippen molar-refractivity contribution < 1.29 is 9.21 Å². The Morgan fingerprint density at radius 1 is 1.22 bits per heavy atom. The van der Waals surface area contributed by atoms with Crippen molar-refractivity contribution in [1.29, 1.82) is 0 Å². The molecule has 0 saturated heterocycles. The highest BCUT2D eigenvalue weighted by atomic mass is 16.3. The summed E-state index contributed by atoms with van der Waals surface area (Å²) in [6.07, 6.45) is 3.21. The molecule has 0 saturated carbocycles. The second kappa shape index (κ2) is 5.91. The van der Waals surface area contributed by atoms with Gasteiger partial charge in [0, 0.05) is 29.9 Å². The van der Waals surface area contributed by atoms with Crippen LogP contribution in [-0.4, -0.2) is 12.5 Å². The first-order valence-corrected chi connectivity index (χ1v) is 5.93. The first-order chi connectivity index (χ1) is 8.79. The molecule has 2 N–H and O–H groups in total. The van der Waals surface area contributed by atoms with Crippen LogP contribution < -0.4 is 10.6 Å². The van der Waals surface area contributed by atoms with Gasteiger partial charge < -0.3 is 15.1 Å². The Morgan fingerprint density at radius 2 is 2.00 bits per heavy atom. The van der Waals surface area contributed by atoms with Gasteiger partial charge in [-0.1, -0.05) is 0 Å². The van der Waals surface area contributed by atoms with Crippen LogP contribution in [0.15, 0.2) is 47.3 Å². The summed E-state index contributed by atoms with van der Waals surface area (Å²) in [5.41, 5.74) is 2.62. The lowest BCUT2D eigenvalue weighted by Crippen LogP contribution is -2.22. The molecule has 0 atom stereocenters. The summed E-state index contributed by atoms with van der Waals surface area (Å²) in [5.74, 6) is -0.0840. The van der Waals surface area contributed by atoms with Crippen LogP contribution in [0.5, 0.6) is 0 Å². The summed E-state index contributed by atoms with van der Waals surface area (Å²) in [6.45, 7) is 3.38. The van der Waals surface area contributed by atoms with Crippen LogP contribution in [0.1, 0.15) is 22.8 Å². The van der Waals surface area contributed by atoms with E-state index in [0.29, 0.717) is 12.1 Å². The van der Waals surface area contributed by atoms with Crippen molar-refractivity contribution in [2.75, 3.05) is 11.9 Å². The topological polar surface area (TPSA) is 54.3 Å². The minimum absolute atomic E-state index is 0.0840. The van der Waals surface area contributed by atoms with Crippen molar-refractivity contribution in [1.82, 2.24) is 5.32 Å². The van der Waals surface area contributed by atoms with Gasteiger partial charge in [0.25, 0.3) is 5.91 Å². The number of amides is 1. The van der Waals surface area contributed by atoms with E-state index in [4.69, 9.17) is 4.42 Å². The van der Waals surface area contributed by atoms with Gasteiger partial charge in [0.15, 0.2) is 0 Å². The lowest BCUT2D eigenvalue weighted by molar-refractivity contribution is 0.0951. The zero-order valence-electron chi connectivity index (χ0n) is 10.3. The van der Waals surface area contributed by atoms with E-state index in [1.807, 2.05) is 37.3 Å². The number of hydrogen-bond acceptors (Lipinski definition) is 3. The van der Waals surface area contributed by atoms with Crippen LogP contribution in [0, 0.1) is 0 Å². The number of carbonyl (C=O) groups is 1. The number of anilines is 1. The highest BCUT2D eigenvalue weighted by Crippen LogP contribution is 2.09. The standard InChI is InChI=1S/C14H16N2O2/c1-2-15-13-5-3-12(4-6-13)14(17)16-9-11-7-8-18-10-11/h3-8,10,15H,2,9H2,1H3,(H,16,17). The third-order valence-electron chi connectivity index (χ3n) is 2.56. The molecule has 2 rings (SSSR count). The number of rotatable bonds is 5. The fourth-order valence-electron chi connectivity index (χ4n) is 1.62. The molecule has 1 heterocycles. The Bertz CT molecular complexity index is 489. The first-order valence-electron chi connectivity index (χ1n) is 5.93. The molecule has 4 heteroatoms. The van der Waals surface area contributed by atoms with E-state index in [2.05, 4.69) is 10.6 Å². The van der Waals surface area contributed by atoms with Crippen LogP contribution in [0.25, 0.3) is 0 Å². The summed E-state index contributed by atoms with van der Waals surface area (Å²) >= 11 is 0. The highest BCUT2D eigenvalue weighted by molar-refractivity contribution is 5.94. The van der Waals surface area contributed by atoms with Crippen molar-refractivity contribution in [2.24, 2.45) is 0 Å².